The molecule has 0 bridgehead atoms. The molecule has 0 amide bonds. The molecule has 0 atom stereocenters. The van der Waals surface area contributed by atoms with Crippen LogP contribution in [-0.4, -0.2) is 20.7 Å². The van der Waals surface area contributed by atoms with Gasteiger partial charge < -0.3 is 10.1 Å². The summed E-state index contributed by atoms with van der Waals surface area (Å²) in [5, 5.41) is 3.03. The third kappa shape index (κ3) is 2.45. The summed E-state index contributed by atoms with van der Waals surface area (Å²) >= 11 is 0. The minimum Gasteiger partial charge on any atom is -0.493 e. The van der Waals surface area contributed by atoms with Gasteiger partial charge in [0.2, 0.25) is 0 Å². The maximum Gasteiger partial charge on any atom is 0.165 e. The first-order valence-electron chi connectivity index (χ1n) is 4.66. The number of halogens is 1. The smallest absolute Gasteiger partial charge is 0.165 e. The van der Waals surface area contributed by atoms with Gasteiger partial charge in [-0.25, -0.2) is 4.39 Å². The summed E-state index contributed by atoms with van der Waals surface area (Å²) in [4.78, 5) is 0. The van der Waals surface area contributed by atoms with Gasteiger partial charge in [0.15, 0.2) is 11.6 Å². The largest absolute Gasteiger partial charge is 0.493 e. The average Bonchev–Trinajstić information content (AvgIpc) is 2.14. The van der Waals surface area contributed by atoms with Crippen LogP contribution in [0.4, 0.5) is 4.39 Å². The fourth-order valence-electron chi connectivity index (χ4n) is 1.47. The van der Waals surface area contributed by atoms with Crippen LogP contribution in [0.3, 0.4) is 0 Å². The summed E-state index contributed by atoms with van der Waals surface area (Å²) in [7, 11) is 3.37. The molecule has 0 aliphatic heterocycles. The molecule has 1 aromatic rings. The van der Waals surface area contributed by atoms with Gasteiger partial charge in [0.1, 0.15) is 0 Å². The highest BCUT2D eigenvalue weighted by molar-refractivity contribution is 5.38. The van der Waals surface area contributed by atoms with Gasteiger partial charge in [0.05, 0.1) is 7.11 Å². The van der Waals surface area contributed by atoms with Crippen LogP contribution in [-0.2, 0) is 6.42 Å². The lowest BCUT2D eigenvalue weighted by molar-refractivity contribution is 0.381. The van der Waals surface area contributed by atoms with Crippen molar-refractivity contribution in [3.05, 3.63) is 29.1 Å². The number of nitrogens with one attached hydrogen (secondary N) is 1. The van der Waals surface area contributed by atoms with E-state index in [1.54, 1.807) is 0 Å². The van der Waals surface area contributed by atoms with Crippen molar-refractivity contribution < 1.29 is 9.13 Å². The molecule has 0 aromatic heterocycles. The van der Waals surface area contributed by atoms with E-state index in [4.69, 9.17) is 4.74 Å². The fourth-order valence-corrected chi connectivity index (χ4v) is 1.47. The van der Waals surface area contributed by atoms with Crippen molar-refractivity contribution in [3.63, 3.8) is 0 Å². The summed E-state index contributed by atoms with van der Waals surface area (Å²) in [5.74, 6) is 0.0875. The second-order valence-electron chi connectivity index (χ2n) is 3.29. The maximum absolute atomic E-state index is 13.4. The Balaban J connectivity index is 2.99. The Labute approximate surface area is 84.1 Å². The Morgan fingerprint density at radius 1 is 1.43 bits per heavy atom. The van der Waals surface area contributed by atoms with Gasteiger partial charge in [-0.1, -0.05) is 6.07 Å². The number of aryl methyl sites for hydroxylation is 1. The number of likely N-dealkylation sites (N-methyl/N-ethyl adjacent to an activating group) is 1. The predicted octanol–water partition coefficient (Wildman–Crippen LogP) is 1.90. The Bertz CT molecular complexity index is 312. The highest BCUT2D eigenvalue weighted by Gasteiger charge is 2.09. The number of hydrogen-bond donors (Lipinski definition) is 1. The summed E-state index contributed by atoms with van der Waals surface area (Å²) in [6, 6.07) is 3.45. The zero-order valence-corrected chi connectivity index (χ0v) is 8.86. The van der Waals surface area contributed by atoms with E-state index in [1.165, 1.54) is 13.2 Å². The summed E-state index contributed by atoms with van der Waals surface area (Å²) in [6.45, 7) is 2.70. The second kappa shape index (κ2) is 4.96. The van der Waals surface area contributed by atoms with E-state index < -0.39 is 0 Å². The van der Waals surface area contributed by atoms with E-state index in [1.807, 2.05) is 20.0 Å². The molecule has 0 aliphatic carbocycles. The molecule has 2 nitrogen and oxygen atoms in total. The summed E-state index contributed by atoms with van der Waals surface area (Å²) in [5.41, 5.74) is 1.84. The van der Waals surface area contributed by atoms with Gasteiger partial charge in [-0.15, -0.1) is 0 Å². The van der Waals surface area contributed by atoms with Crippen molar-refractivity contribution in [1.29, 1.82) is 0 Å². The molecule has 0 radical (unpaired) electrons. The molecule has 0 aliphatic rings. The lowest BCUT2D eigenvalue weighted by Gasteiger charge is -2.10. The number of methoxy groups -OCH3 is 1. The molecule has 0 spiro atoms. The zero-order valence-electron chi connectivity index (χ0n) is 8.86. The van der Waals surface area contributed by atoms with Gasteiger partial charge in [0, 0.05) is 0 Å². The van der Waals surface area contributed by atoms with Crippen molar-refractivity contribution in [2.45, 2.75) is 13.3 Å². The molecule has 78 valence electrons. The van der Waals surface area contributed by atoms with Gasteiger partial charge in [-0.3, -0.25) is 0 Å². The minimum atomic E-state index is -0.279. The van der Waals surface area contributed by atoms with E-state index >= 15 is 0 Å². The predicted molar refractivity (Wildman–Crippen MR) is 55.3 cm³/mol. The molecule has 1 aromatic carbocycles. The van der Waals surface area contributed by atoms with Crippen LogP contribution in [0.15, 0.2) is 12.1 Å². The van der Waals surface area contributed by atoms with Crippen molar-refractivity contribution in [2.75, 3.05) is 20.7 Å². The van der Waals surface area contributed by atoms with Crippen LogP contribution in [0.1, 0.15) is 11.1 Å². The van der Waals surface area contributed by atoms with E-state index in [0.717, 1.165) is 24.1 Å². The number of hydrogen-bond acceptors (Lipinski definition) is 2. The first-order chi connectivity index (χ1) is 6.69. The van der Waals surface area contributed by atoms with Crippen LogP contribution >= 0.6 is 0 Å². The van der Waals surface area contributed by atoms with Crippen molar-refractivity contribution in [2.24, 2.45) is 0 Å². The Kier molecular flexibility index (Phi) is 3.89. The first kappa shape index (κ1) is 11.0. The van der Waals surface area contributed by atoms with Crippen LogP contribution in [0, 0.1) is 12.7 Å². The maximum atomic E-state index is 13.4. The number of benzene rings is 1. The molecule has 0 fully saturated rings. The Morgan fingerprint density at radius 3 is 2.71 bits per heavy atom. The van der Waals surface area contributed by atoms with E-state index in [-0.39, 0.29) is 5.82 Å². The van der Waals surface area contributed by atoms with Crippen molar-refractivity contribution in [3.8, 4) is 5.75 Å². The molecule has 3 heteroatoms. The first-order valence-corrected chi connectivity index (χ1v) is 4.66. The van der Waals surface area contributed by atoms with Crippen molar-refractivity contribution in [1.82, 2.24) is 5.32 Å². The molecule has 0 saturated carbocycles. The summed E-state index contributed by atoms with van der Waals surface area (Å²) < 4.78 is 18.4. The molecule has 0 saturated heterocycles. The minimum absolute atomic E-state index is 0.279. The third-order valence-electron chi connectivity index (χ3n) is 2.11. The molecule has 14 heavy (non-hydrogen) atoms. The fraction of sp³-hybridized carbons (Fsp3) is 0.455. The van der Waals surface area contributed by atoms with Crippen LogP contribution < -0.4 is 10.1 Å². The van der Waals surface area contributed by atoms with E-state index in [9.17, 15) is 4.39 Å². The molecule has 0 heterocycles. The molecular formula is C11H16FNO. The molecule has 1 N–H and O–H groups in total. The van der Waals surface area contributed by atoms with Crippen LogP contribution in [0.2, 0.25) is 0 Å². The summed E-state index contributed by atoms with van der Waals surface area (Å²) in [6.07, 6.45) is 0.776. The highest BCUT2D eigenvalue weighted by Crippen LogP contribution is 2.24. The van der Waals surface area contributed by atoms with Crippen LogP contribution in [0.25, 0.3) is 0 Å². The lowest BCUT2D eigenvalue weighted by Crippen LogP contribution is -2.11. The van der Waals surface area contributed by atoms with Gasteiger partial charge >= 0.3 is 0 Å². The van der Waals surface area contributed by atoms with Crippen LogP contribution in [0.5, 0.6) is 5.75 Å². The lowest BCUT2D eigenvalue weighted by atomic mass is 10.1. The number of rotatable bonds is 4. The molecular weight excluding hydrogens is 181 g/mol. The quantitative estimate of drug-likeness (QED) is 0.796. The van der Waals surface area contributed by atoms with E-state index in [0.29, 0.717) is 5.75 Å². The zero-order chi connectivity index (χ0) is 10.6. The van der Waals surface area contributed by atoms with E-state index in [2.05, 4.69) is 5.32 Å². The molecule has 1 rings (SSSR count). The highest BCUT2D eigenvalue weighted by atomic mass is 19.1. The normalized spacial score (nSPS) is 10.3. The Hall–Kier alpha value is -1.09. The molecule has 0 unspecified atom stereocenters. The SMILES string of the molecule is CNCCc1cc(C)cc(F)c1OC. The van der Waals surface area contributed by atoms with Gasteiger partial charge in [-0.05, 0) is 44.1 Å². The van der Waals surface area contributed by atoms with Gasteiger partial charge in [0.25, 0.3) is 0 Å². The van der Waals surface area contributed by atoms with Crippen molar-refractivity contribution >= 4 is 0 Å². The number of ether oxygens (including phenoxy) is 1. The monoisotopic (exact) mass is 197 g/mol. The average molecular weight is 197 g/mol. The van der Waals surface area contributed by atoms with Gasteiger partial charge in [-0.2, -0.15) is 0 Å². The second-order valence-corrected chi connectivity index (χ2v) is 3.29. The third-order valence-corrected chi connectivity index (χ3v) is 2.11. The Morgan fingerprint density at radius 2 is 2.14 bits per heavy atom. The standard InChI is InChI=1S/C11H16FNO/c1-8-6-9(4-5-13-2)11(14-3)10(12)7-8/h6-7,13H,4-5H2,1-3H3. The topological polar surface area (TPSA) is 21.3 Å².